The molecule has 1 N–H and O–H groups in total. The molecule has 7 heteroatoms. The van der Waals surface area contributed by atoms with Crippen molar-refractivity contribution in [2.75, 3.05) is 13.1 Å². The second kappa shape index (κ2) is 6.50. The van der Waals surface area contributed by atoms with Gasteiger partial charge in [-0.2, -0.15) is 0 Å². The monoisotopic (exact) mass is 406 g/mol. The first-order valence-corrected chi connectivity index (χ1v) is 11.1. The number of carbonyl (C=O) groups excluding carboxylic acids is 1. The molecule has 0 spiro atoms. The number of nitrogens with zero attached hydrogens (tertiary/aromatic N) is 3. The van der Waals surface area contributed by atoms with Crippen molar-refractivity contribution in [3.05, 3.63) is 62.5 Å². The van der Waals surface area contributed by atoms with E-state index in [1.165, 1.54) is 10.4 Å². The molecule has 3 aromatic rings. The number of aromatic amines is 1. The number of benzene rings is 1. The van der Waals surface area contributed by atoms with Gasteiger partial charge in [0.25, 0.3) is 11.5 Å². The van der Waals surface area contributed by atoms with Crippen molar-refractivity contribution in [3.63, 3.8) is 0 Å². The van der Waals surface area contributed by atoms with Gasteiger partial charge in [-0.3, -0.25) is 14.5 Å². The third-order valence-electron chi connectivity index (χ3n) is 6.62. The Morgan fingerprint density at radius 3 is 2.83 bits per heavy atom. The Hall–Kier alpha value is -2.51. The molecule has 2 saturated heterocycles. The van der Waals surface area contributed by atoms with Gasteiger partial charge in [0.15, 0.2) is 0 Å². The zero-order valence-corrected chi connectivity index (χ0v) is 16.9. The summed E-state index contributed by atoms with van der Waals surface area (Å²) in [5, 5.41) is 0.705. The number of carbonyl (C=O) groups is 1. The minimum absolute atomic E-state index is 0.135. The fourth-order valence-corrected chi connectivity index (χ4v) is 6.51. The molecule has 6 nitrogen and oxygen atoms in total. The minimum Gasteiger partial charge on any atom is -0.330 e. The number of hydrogen-bond donors (Lipinski definition) is 1. The molecule has 1 aliphatic carbocycles. The summed E-state index contributed by atoms with van der Waals surface area (Å²) in [5.74, 6) is 0.0639. The lowest BCUT2D eigenvalue weighted by molar-refractivity contribution is 0.0604. The molecular formula is C22H22N4O2S. The molecule has 0 saturated carbocycles. The number of H-pyrrole nitrogens is 1. The maximum atomic E-state index is 13.2. The average molecular weight is 407 g/mol. The molecule has 2 unspecified atom stereocenters. The number of fused-ring (bicyclic) bond motifs is 5. The average Bonchev–Trinajstić information content (AvgIpc) is 3.48. The molecule has 2 aromatic heterocycles. The lowest BCUT2D eigenvalue weighted by Crippen LogP contribution is -2.48. The van der Waals surface area contributed by atoms with E-state index < -0.39 is 0 Å². The van der Waals surface area contributed by atoms with Gasteiger partial charge < -0.3 is 9.88 Å². The van der Waals surface area contributed by atoms with Crippen molar-refractivity contribution in [2.45, 2.75) is 44.3 Å². The van der Waals surface area contributed by atoms with E-state index in [-0.39, 0.29) is 23.3 Å². The van der Waals surface area contributed by atoms with E-state index in [9.17, 15) is 9.59 Å². The van der Waals surface area contributed by atoms with Crippen molar-refractivity contribution < 1.29 is 4.79 Å². The Balaban J connectivity index is 1.23. The van der Waals surface area contributed by atoms with Gasteiger partial charge in [0.05, 0.1) is 5.39 Å². The molecule has 2 aliphatic heterocycles. The molecular weight excluding hydrogens is 384 g/mol. The van der Waals surface area contributed by atoms with Gasteiger partial charge in [-0.25, -0.2) is 4.98 Å². The summed E-state index contributed by atoms with van der Waals surface area (Å²) in [6.07, 6.45) is 4.07. The van der Waals surface area contributed by atoms with Crippen LogP contribution in [0.4, 0.5) is 0 Å². The van der Waals surface area contributed by atoms with E-state index >= 15 is 0 Å². The van der Waals surface area contributed by atoms with Gasteiger partial charge in [-0.15, -0.1) is 11.3 Å². The molecule has 4 heterocycles. The summed E-state index contributed by atoms with van der Waals surface area (Å²) in [7, 11) is 0. The zero-order chi connectivity index (χ0) is 19.5. The fraction of sp³-hybridized carbons (Fsp3) is 0.409. The summed E-state index contributed by atoms with van der Waals surface area (Å²) >= 11 is 1.58. The maximum Gasteiger partial charge on any atom is 0.290 e. The van der Waals surface area contributed by atoms with Crippen LogP contribution in [0.15, 0.2) is 35.1 Å². The number of hydrogen-bond acceptors (Lipinski definition) is 5. The van der Waals surface area contributed by atoms with Gasteiger partial charge in [0.2, 0.25) is 5.82 Å². The smallest absolute Gasteiger partial charge is 0.290 e. The van der Waals surface area contributed by atoms with Crippen LogP contribution in [0.3, 0.4) is 0 Å². The molecule has 2 fully saturated rings. The maximum absolute atomic E-state index is 13.2. The Kier molecular flexibility index (Phi) is 3.89. The summed E-state index contributed by atoms with van der Waals surface area (Å²) in [6, 6.07) is 11.0. The first kappa shape index (κ1) is 17.4. The van der Waals surface area contributed by atoms with Gasteiger partial charge in [0, 0.05) is 36.6 Å². The van der Waals surface area contributed by atoms with Gasteiger partial charge in [-0.1, -0.05) is 30.3 Å². The topological polar surface area (TPSA) is 69.3 Å². The van der Waals surface area contributed by atoms with Crippen molar-refractivity contribution in [2.24, 2.45) is 0 Å². The van der Waals surface area contributed by atoms with Gasteiger partial charge in [0.1, 0.15) is 4.83 Å². The molecule has 2 atom stereocenters. The highest BCUT2D eigenvalue weighted by molar-refractivity contribution is 7.18. The summed E-state index contributed by atoms with van der Waals surface area (Å²) < 4.78 is 0. The molecule has 1 aromatic carbocycles. The van der Waals surface area contributed by atoms with E-state index in [0.29, 0.717) is 18.0 Å². The van der Waals surface area contributed by atoms with Crippen molar-refractivity contribution in [3.8, 4) is 0 Å². The van der Waals surface area contributed by atoms with Crippen molar-refractivity contribution in [1.29, 1.82) is 0 Å². The summed E-state index contributed by atoms with van der Waals surface area (Å²) in [4.78, 5) is 39.6. The van der Waals surface area contributed by atoms with Crippen LogP contribution in [0.1, 0.15) is 39.5 Å². The minimum atomic E-state index is -0.159. The number of aromatic nitrogens is 2. The third kappa shape index (κ3) is 2.75. The second-order valence-electron chi connectivity index (χ2n) is 8.37. The van der Waals surface area contributed by atoms with Crippen molar-refractivity contribution in [1.82, 2.24) is 19.8 Å². The molecule has 2 bridgehead atoms. The summed E-state index contributed by atoms with van der Waals surface area (Å²) in [5.41, 5.74) is 2.29. The van der Waals surface area contributed by atoms with E-state index in [2.05, 4.69) is 39.1 Å². The van der Waals surface area contributed by atoms with Crippen LogP contribution in [0, 0.1) is 0 Å². The van der Waals surface area contributed by atoms with Crippen LogP contribution in [-0.4, -0.2) is 50.8 Å². The predicted molar refractivity (Wildman–Crippen MR) is 112 cm³/mol. The van der Waals surface area contributed by atoms with E-state index in [1.807, 2.05) is 11.0 Å². The lowest BCUT2D eigenvalue weighted by Gasteiger charge is -2.34. The highest BCUT2D eigenvalue weighted by Crippen LogP contribution is 2.35. The Labute approximate surface area is 172 Å². The summed E-state index contributed by atoms with van der Waals surface area (Å²) in [6.45, 7) is 2.51. The van der Waals surface area contributed by atoms with Gasteiger partial charge in [-0.05, 0) is 36.8 Å². The Bertz CT molecular complexity index is 1170. The zero-order valence-electron chi connectivity index (χ0n) is 16.1. The first-order valence-electron chi connectivity index (χ1n) is 10.3. The van der Waals surface area contributed by atoms with Crippen LogP contribution < -0.4 is 5.56 Å². The molecule has 0 radical (unpaired) electrons. The second-order valence-corrected chi connectivity index (χ2v) is 9.45. The van der Waals surface area contributed by atoms with Crippen LogP contribution >= 0.6 is 11.3 Å². The molecule has 29 heavy (non-hydrogen) atoms. The van der Waals surface area contributed by atoms with E-state index in [1.54, 1.807) is 11.3 Å². The predicted octanol–water partition coefficient (Wildman–Crippen LogP) is 2.57. The lowest BCUT2D eigenvalue weighted by atomic mass is 10.2. The first-order chi connectivity index (χ1) is 14.2. The third-order valence-corrected chi connectivity index (χ3v) is 7.81. The van der Waals surface area contributed by atoms with E-state index in [0.717, 1.165) is 49.2 Å². The highest BCUT2D eigenvalue weighted by atomic mass is 32.1. The molecule has 6 rings (SSSR count). The van der Waals surface area contributed by atoms with Crippen LogP contribution in [0.2, 0.25) is 0 Å². The Morgan fingerprint density at radius 1 is 1.17 bits per heavy atom. The van der Waals surface area contributed by atoms with Crippen LogP contribution in [0.25, 0.3) is 10.2 Å². The highest BCUT2D eigenvalue weighted by Gasteiger charge is 2.45. The Morgan fingerprint density at radius 2 is 2.03 bits per heavy atom. The number of rotatable bonds is 3. The standard InChI is InChI=1S/C22H22N4O2S/c27-20-18-16-7-4-8-17(16)29-21(18)24-19(23-20)22(28)26-12-14-9-15(26)11-25(14)10-13-5-2-1-3-6-13/h1-3,5-6,14-15H,4,7-12H2,(H,23,24,27). The number of amides is 1. The molecule has 3 aliphatic rings. The fourth-order valence-electron chi connectivity index (χ4n) is 5.25. The largest absolute Gasteiger partial charge is 0.330 e. The van der Waals surface area contributed by atoms with Gasteiger partial charge >= 0.3 is 0 Å². The van der Waals surface area contributed by atoms with E-state index in [4.69, 9.17) is 0 Å². The number of piperazine rings is 1. The number of thiophene rings is 1. The van der Waals surface area contributed by atoms with Crippen molar-refractivity contribution >= 4 is 27.5 Å². The number of likely N-dealkylation sites (tertiary alicyclic amines) is 2. The molecule has 148 valence electrons. The van der Waals surface area contributed by atoms with Crippen LogP contribution in [-0.2, 0) is 19.4 Å². The SMILES string of the molecule is O=C(c1nc2sc3c(c2c(=O)[nH]1)CCC3)N1CC2CC1CN2Cc1ccccc1. The number of nitrogens with one attached hydrogen (secondary N) is 1. The normalized spacial score (nSPS) is 23.2. The van der Waals surface area contributed by atoms with Crippen LogP contribution in [0.5, 0.6) is 0 Å². The number of aryl methyl sites for hydroxylation is 2. The molecule has 1 amide bonds. The quantitative estimate of drug-likeness (QED) is 0.726.